The molecule has 3 rings (SSSR count). The number of hydrogen-bond acceptors (Lipinski definition) is 4. The number of fused-ring (bicyclic) bond motifs is 1. The number of anilines is 1. The van der Waals surface area contributed by atoms with Crippen molar-refractivity contribution in [2.75, 3.05) is 11.9 Å². The van der Waals surface area contributed by atoms with Crippen molar-refractivity contribution in [3.05, 3.63) is 24.0 Å². The number of nitrogens with zero attached hydrogens (tertiary/aromatic N) is 1. The topological polar surface area (TPSA) is 77.2 Å². The molecule has 1 aliphatic heterocycles. The maximum atomic E-state index is 12.8. The second-order valence-corrected chi connectivity index (χ2v) is 6.78. The largest absolute Gasteiger partial charge is 0.377 e. The van der Waals surface area contributed by atoms with Gasteiger partial charge in [0.2, 0.25) is 5.91 Å². The molecule has 1 aromatic heterocycles. The molecule has 3 atom stereocenters. The standard InChI is InChI=1S/C16H23N3O2/c1-10-6-7-18-9-12(10)19-14(20)16(17)11-5-4-8-21-13(11)15(16,2)3/h6-7,9,11,13H,4-5,8,17H2,1-3H3,(H,19,20). The molecule has 3 unspecified atom stereocenters. The highest BCUT2D eigenvalue weighted by atomic mass is 16.5. The summed E-state index contributed by atoms with van der Waals surface area (Å²) in [7, 11) is 0. The molecule has 5 heteroatoms. The van der Waals surface area contributed by atoms with Crippen LogP contribution in [0.4, 0.5) is 5.69 Å². The molecule has 2 heterocycles. The van der Waals surface area contributed by atoms with Crippen LogP contribution in [0.5, 0.6) is 0 Å². The van der Waals surface area contributed by atoms with Crippen molar-refractivity contribution in [2.45, 2.75) is 45.3 Å². The SMILES string of the molecule is Cc1ccncc1NC(=O)C1(N)C2CCCOC2C1(C)C. The number of nitrogens with two attached hydrogens (primary N) is 1. The molecular weight excluding hydrogens is 266 g/mol. The van der Waals surface area contributed by atoms with Crippen LogP contribution in [0.3, 0.4) is 0 Å². The molecule has 0 aromatic carbocycles. The number of pyridine rings is 1. The predicted octanol–water partition coefficient (Wildman–Crippen LogP) is 1.86. The molecule has 21 heavy (non-hydrogen) atoms. The first kappa shape index (κ1) is 14.5. The summed E-state index contributed by atoms with van der Waals surface area (Å²) in [6.45, 7) is 6.76. The third-order valence-electron chi connectivity index (χ3n) is 5.35. The summed E-state index contributed by atoms with van der Waals surface area (Å²) < 4.78 is 5.84. The number of carbonyl (C=O) groups excluding carboxylic acids is 1. The molecule has 1 saturated heterocycles. The Kier molecular flexibility index (Phi) is 3.30. The van der Waals surface area contributed by atoms with E-state index in [0.29, 0.717) is 0 Å². The highest BCUT2D eigenvalue weighted by molar-refractivity contribution is 6.00. The Balaban J connectivity index is 1.85. The Morgan fingerprint density at radius 3 is 3.00 bits per heavy atom. The number of hydrogen-bond donors (Lipinski definition) is 2. The van der Waals surface area contributed by atoms with Crippen molar-refractivity contribution < 1.29 is 9.53 Å². The van der Waals surface area contributed by atoms with Crippen LogP contribution in [0.1, 0.15) is 32.3 Å². The molecule has 114 valence electrons. The Labute approximate surface area is 125 Å². The summed E-state index contributed by atoms with van der Waals surface area (Å²) in [5, 5.41) is 2.96. The summed E-state index contributed by atoms with van der Waals surface area (Å²) in [6, 6.07) is 1.87. The van der Waals surface area contributed by atoms with Gasteiger partial charge < -0.3 is 15.8 Å². The number of carbonyl (C=O) groups is 1. The average Bonchev–Trinajstić information content (AvgIpc) is 2.48. The van der Waals surface area contributed by atoms with Gasteiger partial charge in [-0.25, -0.2) is 0 Å². The van der Waals surface area contributed by atoms with Crippen LogP contribution in [-0.4, -0.2) is 29.1 Å². The number of ether oxygens (including phenoxy) is 1. The second-order valence-electron chi connectivity index (χ2n) is 6.78. The molecule has 0 bridgehead atoms. The number of rotatable bonds is 2. The van der Waals surface area contributed by atoms with Gasteiger partial charge in [-0.3, -0.25) is 9.78 Å². The van der Waals surface area contributed by atoms with Gasteiger partial charge in [-0.15, -0.1) is 0 Å². The van der Waals surface area contributed by atoms with Gasteiger partial charge >= 0.3 is 0 Å². The maximum absolute atomic E-state index is 12.8. The zero-order chi connectivity index (χ0) is 15.3. The lowest BCUT2D eigenvalue weighted by Crippen LogP contribution is -2.81. The fraction of sp³-hybridized carbons (Fsp3) is 0.625. The van der Waals surface area contributed by atoms with E-state index >= 15 is 0 Å². The van der Waals surface area contributed by atoms with Gasteiger partial charge in [0.25, 0.3) is 0 Å². The Hall–Kier alpha value is -1.46. The van der Waals surface area contributed by atoms with Crippen LogP contribution >= 0.6 is 0 Å². The van der Waals surface area contributed by atoms with E-state index in [2.05, 4.69) is 10.3 Å². The van der Waals surface area contributed by atoms with Crippen LogP contribution in [0.15, 0.2) is 18.5 Å². The predicted molar refractivity (Wildman–Crippen MR) is 80.8 cm³/mol. The van der Waals surface area contributed by atoms with E-state index < -0.39 is 5.54 Å². The smallest absolute Gasteiger partial charge is 0.245 e. The van der Waals surface area contributed by atoms with Gasteiger partial charge in [-0.2, -0.15) is 0 Å². The molecule has 1 aromatic rings. The van der Waals surface area contributed by atoms with Crippen LogP contribution < -0.4 is 11.1 Å². The van der Waals surface area contributed by atoms with Crippen molar-refractivity contribution in [3.63, 3.8) is 0 Å². The van der Waals surface area contributed by atoms with E-state index in [-0.39, 0.29) is 23.3 Å². The van der Waals surface area contributed by atoms with Crippen molar-refractivity contribution in [2.24, 2.45) is 17.1 Å². The molecule has 1 saturated carbocycles. The molecular formula is C16H23N3O2. The lowest BCUT2D eigenvalue weighted by atomic mass is 9.46. The zero-order valence-corrected chi connectivity index (χ0v) is 12.8. The van der Waals surface area contributed by atoms with E-state index in [1.807, 2.05) is 26.8 Å². The molecule has 0 radical (unpaired) electrons. The monoisotopic (exact) mass is 289 g/mol. The number of amides is 1. The fourth-order valence-electron chi connectivity index (χ4n) is 3.86. The second kappa shape index (κ2) is 4.78. The third-order valence-corrected chi connectivity index (χ3v) is 5.35. The van der Waals surface area contributed by atoms with Crippen molar-refractivity contribution >= 4 is 11.6 Å². The third kappa shape index (κ3) is 1.91. The minimum absolute atomic E-state index is 0.0806. The Bertz CT molecular complexity index is 572. The van der Waals surface area contributed by atoms with Crippen LogP contribution in [-0.2, 0) is 9.53 Å². The lowest BCUT2D eigenvalue weighted by Gasteiger charge is -2.65. The first-order valence-corrected chi connectivity index (χ1v) is 7.51. The molecule has 0 spiro atoms. The van der Waals surface area contributed by atoms with Gasteiger partial charge in [-0.1, -0.05) is 13.8 Å². The van der Waals surface area contributed by atoms with Crippen LogP contribution in [0.25, 0.3) is 0 Å². The van der Waals surface area contributed by atoms with Gasteiger partial charge in [0, 0.05) is 24.1 Å². The van der Waals surface area contributed by atoms with Gasteiger partial charge in [0.15, 0.2) is 0 Å². The summed E-state index contributed by atoms with van der Waals surface area (Å²) >= 11 is 0. The summed E-state index contributed by atoms with van der Waals surface area (Å²) in [6.07, 6.45) is 5.37. The van der Waals surface area contributed by atoms with E-state index in [1.165, 1.54) is 0 Å². The van der Waals surface area contributed by atoms with E-state index in [0.717, 1.165) is 30.7 Å². The molecule has 1 aliphatic carbocycles. The van der Waals surface area contributed by atoms with Gasteiger partial charge in [0.1, 0.15) is 5.54 Å². The summed E-state index contributed by atoms with van der Waals surface area (Å²) in [5.41, 5.74) is 7.02. The summed E-state index contributed by atoms with van der Waals surface area (Å²) in [5.74, 6) is -0.0337. The summed E-state index contributed by atoms with van der Waals surface area (Å²) in [4.78, 5) is 16.9. The normalized spacial score (nSPS) is 33.7. The van der Waals surface area contributed by atoms with Crippen LogP contribution in [0, 0.1) is 18.3 Å². The van der Waals surface area contributed by atoms with Gasteiger partial charge in [0.05, 0.1) is 18.0 Å². The average molecular weight is 289 g/mol. The molecule has 2 fully saturated rings. The van der Waals surface area contributed by atoms with E-state index in [1.54, 1.807) is 12.4 Å². The quantitative estimate of drug-likeness (QED) is 0.871. The minimum atomic E-state index is -0.889. The Morgan fingerprint density at radius 2 is 2.29 bits per heavy atom. The van der Waals surface area contributed by atoms with Crippen molar-refractivity contribution in [1.82, 2.24) is 4.98 Å². The highest BCUT2D eigenvalue weighted by Gasteiger charge is 2.70. The molecule has 2 aliphatic rings. The Morgan fingerprint density at radius 1 is 1.52 bits per heavy atom. The van der Waals surface area contributed by atoms with Gasteiger partial charge in [-0.05, 0) is 31.4 Å². The van der Waals surface area contributed by atoms with E-state index in [9.17, 15) is 4.79 Å². The number of aromatic nitrogens is 1. The first-order chi connectivity index (χ1) is 9.89. The highest BCUT2D eigenvalue weighted by Crippen LogP contribution is 2.57. The number of aryl methyl sites for hydroxylation is 1. The number of nitrogens with one attached hydrogen (secondary N) is 1. The fourth-order valence-corrected chi connectivity index (χ4v) is 3.86. The first-order valence-electron chi connectivity index (χ1n) is 7.51. The van der Waals surface area contributed by atoms with Crippen molar-refractivity contribution in [3.8, 4) is 0 Å². The minimum Gasteiger partial charge on any atom is -0.377 e. The van der Waals surface area contributed by atoms with Crippen LogP contribution in [0.2, 0.25) is 0 Å². The lowest BCUT2D eigenvalue weighted by molar-refractivity contribution is -0.222. The molecule has 5 nitrogen and oxygen atoms in total. The molecule has 1 amide bonds. The van der Waals surface area contributed by atoms with E-state index in [4.69, 9.17) is 10.5 Å². The maximum Gasteiger partial charge on any atom is 0.245 e. The zero-order valence-electron chi connectivity index (χ0n) is 12.8. The van der Waals surface area contributed by atoms with Crippen molar-refractivity contribution in [1.29, 1.82) is 0 Å². The molecule has 3 N–H and O–H groups in total.